The van der Waals surface area contributed by atoms with Gasteiger partial charge in [0, 0.05) is 5.69 Å². The second kappa shape index (κ2) is 9.69. The number of amides is 4. The predicted octanol–water partition coefficient (Wildman–Crippen LogP) is 4.16. The fraction of sp³-hybridized carbons (Fsp3) is 0.222. The number of benzene rings is 3. The average molecular weight is 442 g/mol. The zero-order valence-electron chi connectivity index (χ0n) is 18.6. The van der Waals surface area contributed by atoms with Gasteiger partial charge in [-0.3, -0.25) is 14.5 Å². The summed E-state index contributed by atoms with van der Waals surface area (Å²) in [5.41, 5.74) is 2.82. The summed E-state index contributed by atoms with van der Waals surface area (Å²) in [4.78, 5) is 39.3. The lowest BCUT2D eigenvalue weighted by Crippen LogP contribution is -2.45. The van der Waals surface area contributed by atoms with E-state index in [4.69, 9.17) is 0 Å². The van der Waals surface area contributed by atoms with Crippen molar-refractivity contribution in [1.29, 1.82) is 0 Å². The summed E-state index contributed by atoms with van der Waals surface area (Å²) in [6.07, 6.45) is 1.77. The number of rotatable bonds is 8. The van der Waals surface area contributed by atoms with E-state index in [0.29, 0.717) is 24.9 Å². The third-order valence-corrected chi connectivity index (χ3v) is 5.93. The number of nitrogens with zero attached hydrogens (tertiary/aromatic N) is 1. The van der Waals surface area contributed by atoms with Gasteiger partial charge in [-0.2, -0.15) is 0 Å². The van der Waals surface area contributed by atoms with E-state index < -0.39 is 17.5 Å². The molecule has 6 nitrogen and oxygen atoms in total. The number of carbonyl (C=O) groups is 3. The molecule has 6 heteroatoms. The van der Waals surface area contributed by atoms with E-state index >= 15 is 0 Å². The monoisotopic (exact) mass is 441 g/mol. The number of urea groups is 1. The molecule has 0 radical (unpaired) electrons. The lowest BCUT2D eigenvalue weighted by atomic mass is 9.93. The van der Waals surface area contributed by atoms with Crippen LogP contribution in [0.1, 0.15) is 30.0 Å². The zero-order chi connectivity index (χ0) is 23.3. The maximum absolute atomic E-state index is 13.0. The van der Waals surface area contributed by atoms with Crippen LogP contribution in [0.25, 0.3) is 0 Å². The van der Waals surface area contributed by atoms with Crippen molar-refractivity contribution >= 4 is 23.5 Å². The molecule has 0 spiro atoms. The van der Waals surface area contributed by atoms with Crippen molar-refractivity contribution in [3.63, 3.8) is 0 Å². The first-order chi connectivity index (χ1) is 15.9. The fourth-order valence-corrected chi connectivity index (χ4v) is 4.04. The number of anilines is 1. The van der Waals surface area contributed by atoms with E-state index in [9.17, 15) is 14.4 Å². The normalized spacial score (nSPS) is 17.7. The van der Waals surface area contributed by atoms with Gasteiger partial charge in [-0.25, -0.2) is 4.79 Å². The molecule has 1 aliphatic heterocycles. The molecule has 2 N–H and O–H groups in total. The van der Waals surface area contributed by atoms with Crippen molar-refractivity contribution in [2.45, 2.75) is 31.7 Å². The molecule has 0 aromatic heterocycles. The molecule has 1 fully saturated rings. The lowest BCUT2D eigenvalue weighted by Gasteiger charge is -2.21. The van der Waals surface area contributed by atoms with Gasteiger partial charge < -0.3 is 10.6 Å². The van der Waals surface area contributed by atoms with Crippen molar-refractivity contribution in [3.05, 3.63) is 102 Å². The summed E-state index contributed by atoms with van der Waals surface area (Å²) >= 11 is 0. The van der Waals surface area contributed by atoms with E-state index in [-0.39, 0.29) is 12.5 Å². The minimum absolute atomic E-state index is 0.328. The van der Waals surface area contributed by atoms with E-state index in [0.717, 1.165) is 21.6 Å². The quantitative estimate of drug-likeness (QED) is 0.515. The van der Waals surface area contributed by atoms with Crippen molar-refractivity contribution in [2.75, 3.05) is 11.9 Å². The largest absolute Gasteiger partial charge is 0.325 e. The van der Waals surface area contributed by atoms with E-state index in [1.165, 1.54) is 0 Å². The lowest BCUT2D eigenvalue weighted by molar-refractivity contribution is -0.133. The van der Waals surface area contributed by atoms with E-state index in [2.05, 4.69) is 10.6 Å². The topological polar surface area (TPSA) is 78.5 Å². The molecule has 1 saturated heterocycles. The Balaban J connectivity index is 1.40. The highest BCUT2D eigenvalue weighted by Gasteiger charge is 2.47. The second-order valence-electron chi connectivity index (χ2n) is 8.51. The summed E-state index contributed by atoms with van der Waals surface area (Å²) in [6.45, 7) is 1.38. The predicted molar refractivity (Wildman–Crippen MR) is 128 cm³/mol. The third kappa shape index (κ3) is 5.29. The van der Waals surface area contributed by atoms with Crippen LogP contribution >= 0.6 is 0 Å². The van der Waals surface area contributed by atoms with E-state index in [1.54, 1.807) is 6.92 Å². The number of hydrogen-bond donors (Lipinski definition) is 2. The summed E-state index contributed by atoms with van der Waals surface area (Å²) in [5, 5.41) is 5.64. The van der Waals surface area contributed by atoms with Gasteiger partial charge >= 0.3 is 6.03 Å². The zero-order valence-corrected chi connectivity index (χ0v) is 18.6. The highest BCUT2D eigenvalue weighted by atomic mass is 16.2. The van der Waals surface area contributed by atoms with Gasteiger partial charge in [0.1, 0.15) is 12.1 Å². The first-order valence-electron chi connectivity index (χ1n) is 11.0. The number of imide groups is 1. The first kappa shape index (κ1) is 22.3. The number of carbonyl (C=O) groups excluding carboxylic acids is 3. The minimum Gasteiger partial charge on any atom is -0.324 e. The molecule has 3 aromatic carbocycles. The van der Waals surface area contributed by atoms with Crippen molar-refractivity contribution in [2.24, 2.45) is 0 Å². The molecular formula is C27H27N3O3. The van der Waals surface area contributed by atoms with Crippen molar-refractivity contribution in [3.8, 4) is 0 Å². The second-order valence-corrected chi connectivity index (χ2v) is 8.51. The number of hydrogen-bond acceptors (Lipinski definition) is 3. The van der Waals surface area contributed by atoms with Crippen LogP contribution < -0.4 is 10.6 Å². The molecule has 0 unspecified atom stereocenters. The standard InChI is InChI=1S/C27H27N3O3/c1-27(17-16-20-10-4-2-5-11-20)25(32)30(26(33)29-27)19-24(31)28-23-15-9-8-14-22(23)18-21-12-6-3-7-13-21/h2-15H,16-19H2,1H3,(H,28,31)(H,29,33)/t27-/m0/s1. The Kier molecular flexibility index (Phi) is 6.54. The Hall–Kier alpha value is -3.93. The smallest absolute Gasteiger partial charge is 0.324 e. The van der Waals surface area contributed by atoms with Crippen LogP contribution in [-0.2, 0) is 22.4 Å². The van der Waals surface area contributed by atoms with Crippen LogP contribution in [-0.4, -0.2) is 34.8 Å². The minimum atomic E-state index is -1.03. The van der Waals surface area contributed by atoms with Gasteiger partial charge in [0.25, 0.3) is 5.91 Å². The Bertz CT molecular complexity index is 1150. The maximum Gasteiger partial charge on any atom is 0.325 e. The Morgan fingerprint density at radius 1 is 0.879 bits per heavy atom. The Morgan fingerprint density at radius 2 is 1.48 bits per heavy atom. The third-order valence-electron chi connectivity index (χ3n) is 5.93. The average Bonchev–Trinajstić information content (AvgIpc) is 3.03. The number of aryl methyl sites for hydroxylation is 1. The molecule has 0 saturated carbocycles. The molecule has 0 aliphatic carbocycles. The molecule has 168 valence electrons. The van der Waals surface area contributed by atoms with Crippen LogP contribution in [0.4, 0.5) is 10.5 Å². The molecule has 1 aliphatic rings. The molecular weight excluding hydrogens is 414 g/mol. The number of nitrogens with one attached hydrogen (secondary N) is 2. The summed E-state index contributed by atoms with van der Waals surface area (Å²) < 4.78 is 0. The Morgan fingerprint density at radius 3 is 2.18 bits per heavy atom. The van der Waals surface area contributed by atoms with Gasteiger partial charge in [-0.05, 0) is 48.9 Å². The summed E-state index contributed by atoms with van der Waals surface area (Å²) in [5.74, 6) is -0.789. The van der Waals surface area contributed by atoms with Crippen LogP contribution in [0.3, 0.4) is 0 Å². The van der Waals surface area contributed by atoms with E-state index in [1.807, 2.05) is 84.9 Å². The van der Waals surface area contributed by atoms with Gasteiger partial charge in [0.2, 0.25) is 5.91 Å². The Labute approximate surface area is 193 Å². The number of para-hydroxylation sites is 1. The summed E-state index contributed by atoms with van der Waals surface area (Å²) in [6, 6.07) is 26.8. The highest BCUT2D eigenvalue weighted by Crippen LogP contribution is 2.24. The molecule has 4 amide bonds. The maximum atomic E-state index is 13.0. The fourth-order valence-electron chi connectivity index (χ4n) is 4.04. The van der Waals surface area contributed by atoms with Crippen LogP contribution in [0.5, 0.6) is 0 Å². The van der Waals surface area contributed by atoms with Crippen LogP contribution in [0, 0.1) is 0 Å². The SMILES string of the molecule is C[C@@]1(CCc2ccccc2)NC(=O)N(CC(=O)Nc2ccccc2Cc2ccccc2)C1=O. The van der Waals surface area contributed by atoms with Crippen molar-refractivity contribution < 1.29 is 14.4 Å². The van der Waals surface area contributed by atoms with Gasteiger partial charge in [0.15, 0.2) is 0 Å². The molecule has 0 bridgehead atoms. The molecule has 4 rings (SSSR count). The molecule has 1 heterocycles. The molecule has 3 aromatic rings. The van der Waals surface area contributed by atoms with Gasteiger partial charge in [0.05, 0.1) is 0 Å². The van der Waals surface area contributed by atoms with Gasteiger partial charge in [-0.1, -0.05) is 78.9 Å². The van der Waals surface area contributed by atoms with Crippen LogP contribution in [0.2, 0.25) is 0 Å². The first-order valence-corrected chi connectivity index (χ1v) is 11.0. The molecule has 33 heavy (non-hydrogen) atoms. The van der Waals surface area contributed by atoms with Crippen LogP contribution in [0.15, 0.2) is 84.9 Å². The van der Waals surface area contributed by atoms with Gasteiger partial charge in [-0.15, -0.1) is 0 Å². The van der Waals surface area contributed by atoms with Crippen molar-refractivity contribution in [1.82, 2.24) is 10.2 Å². The summed E-state index contributed by atoms with van der Waals surface area (Å²) in [7, 11) is 0. The highest BCUT2D eigenvalue weighted by molar-refractivity contribution is 6.10. The molecule has 1 atom stereocenters.